The summed E-state index contributed by atoms with van der Waals surface area (Å²) in [5.41, 5.74) is 0. The van der Waals surface area contributed by atoms with Crippen molar-refractivity contribution in [1.82, 2.24) is 0 Å². The molecule has 0 aliphatic carbocycles. The average Bonchev–Trinajstić information content (AvgIpc) is 1.47. The van der Waals surface area contributed by atoms with Gasteiger partial charge in [0.2, 0.25) is 0 Å². The van der Waals surface area contributed by atoms with Gasteiger partial charge in [0.25, 0.3) is 0 Å². The normalized spacial score (nSPS) is 18.8. The molecule has 0 radical (unpaired) electrons. The number of rotatable bonds is 4. The van der Waals surface area contributed by atoms with Gasteiger partial charge in [-0.25, -0.2) is 0 Å². The summed E-state index contributed by atoms with van der Waals surface area (Å²) in [4.78, 5) is 0. The number of hydrogen-bond acceptors (Lipinski definition) is 3. The Balaban J connectivity index is 4.91. The van der Waals surface area contributed by atoms with Gasteiger partial charge in [-0.15, -0.1) is 0 Å². The predicted molar refractivity (Wildman–Crippen MR) is 50.7 cm³/mol. The predicted octanol–water partition coefficient (Wildman–Crippen LogP) is 3.70. The summed E-state index contributed by atoms with van der Waals surface area (Å²) in [7, 11) is 10.4. The summed E-state index contributed by atoms with van der Waals surface area (Å²) >= 11 is 0. The molecule has 0 aliphatic rings. The summed E-state index contributed by atoms with van der Waals surface area (Å²) in [6.07, 6.45) is -0.965. The fourth-order valence-electron chi connectivity index (χ4n) is 0.847. The standard InChI is InChI=1S/2C3H7O.3ClH.O.V/c2*1-3(2)4;;;;;/h2*3H,1-2H3;3*1H;;/q2*-1;;;;;+5/p-3. The van der Waals surface area contributed by atoms with Crippen LogP contribution in [0.25, 0.3) is 0 Å². The van der Waals surface area contributed by atoms with E-state index < -0.39 is 21.7 Å². The second-order valence-corrected chi connectivity index (χ2v) is 18.7. The molecule has 0 bridgehead atoms. The Bertz CT molecular complexity index is 249. The molecule has 0 unspecified atom stereocenters. The molecule has 0 fully saturated rings. The van der Waals surface area contributed by atoms with Crippen LogP contribution in [0.15, 0.2) is 0 Å². The molecular weight excluding hydrogens is 277 g/mol. The Kier molecular flexibility index (Phi) is 3.64. The summed E-state index contributed by atoms with van der Waals surface area (Å²) in [5, 5.41) is 0. The van der Waals surface area contributed by atoms with Gasteiger partial charge in [0.1, 0.15) is 0 Å². The summed E-state index contributed by atoms with van der Waals surface area (Å²) in [5.74, 6) is 0. The Morgan fingerprint density at radius 1 is 0.923 bits per heavy atom. The fraction of sp³-hybridized carbons (Fsp3) is 1.00. The van der Waals surface area contributed by atoms with Crippen LogP contribution < -0.4 is 0 Å². The molecule has 0 amide bonds. The van der Waals surface area contributed by atoms with Crippen LogP contribution >= 0.6 is 29.5 Å². The maximum absolute atomic E-state index is 11.9. The molecule has 0 aromatic rings. The minimum absolute atomic E-state index is 0.483. The van der Waals surface area contributed by atoms with Crippen molar-refractivity contribution in [2.75, 3.05) is 0 Å². The van der Waals surface area contributed by atoms with Gasteiger partial charge in [-0.05, 0) is 0 Å². The molecule has 0 rings (SSSR count). The van der Waals surface area contributed by atoms with E-state index in [2.05, 4.69) is 0 Å². The van der Waals surface area contributed by atoms with E-state index in [4.69, 9.17) is 36.9 Å². The molecule has 0 spiro atoms. The third kappa shape index (κ3) is 7.14. The van der Waals surface area contributed by atoms with Crippen molar-refractivity contribution >= 4 is 29.5 Å². The van der Waals surface area contributed by atoms with E-state index in [9.17, 15) is 3.67 Å². The Hall–Kier alpha value is 1.17. The van der Waals surface area contributed by atoms with Crippen molar-refractivity contribution < 1.29 is 20.5 Å². The third-order valence-corrected chi connectivity index (χ3v) is 5.41. The number of halogens is 3. The summed E-state index contributed by atoms with van der Waals surface area (Å²) in [6, 6.07) is 0. The molecule has 0 aromatic carbocycles. The van der Waals surface area contributed by atoms with Gasteiger partial charge in [0.05, 0.1) is 0 Å². The van der Waals surface area contributed by atoms with E-state index in [0.717, 1.165) is 0 Å². The zero-order valence-corrected chi connectivity index (χ0v) is 11.6. The van der Waals surface area contributed by atoms with Gasteiger partial charge < -0.3 is 0 Å². The third-order valence-electron chi connectivity index (χ3n) is 0.833. The van der Waals surface area contributed by atoms with Crippen molar-refractivity contribution in [3.8, 4) is 0 Å². The van der Waals surface area contributed by atoms with Crippen molar-refractivity contribution in [3.63, 3.8) is 0 Å². The molecule has 0 heterocycles. The molecular formula is C6H14Cl3O3V. The van der Waals surface area contributed by atoms with Gasteiger partial charge in [-0.2, -0.15) is 0 Å². The van der Waals surface area contributed by atoms with Crippen LogP contribution in [0.1, 0.15) is 27.7 Å². The summed E-state index contributed by atoms with van der Waals surface area (Å²) in [6.45, 7) is 6.43. The van der Waals surface area contributed by atoms with Crippen LogP contribution in [0, 0.1) is 0 Å². The molecule has 0 saturated heterocycles. The Labute approximate surface area is 89.7 Å². The molecule has 0 saturated carbocycles. The van der Waals surface area contributed by atoms with E-state index in [0.29, 0.717) is 0 Å². The molecule has 0 atom stereocenters. The van der Waals surface area contributed by atoms with Crippen LogP contribution in [0.5, 0.6) is 0 Å². The Morgan fingerprint density at radius 3 is 1.31 bits per heavy atom. The second-order valence-electron chi connectivity index (χ2n) is 3.34. The minimum atomic E-state index is -6.27. The zero-order valence-electron chi connectivity index (χ0n) is 7.96. The molecule has 0 aliphatic heterocycles. The summed E-state index contributed by atoms with van der Waals surface area (Å²) < 4.78 is 21.5. The van der Waals surface area contributed by atoms with Gasteiger partial charge in [-0.1, -0.05) is 0 Å². The van der Waals surface area contributed by atoms with Crippen LogP contribution in [0.2, 0.25) is 0 Å². The van der Waals surface area contributed by atoms with Gasteiger partial charge in [0, 0.05) is 0 Å². The average molecular weight is 291 g/mol. The van der Waals surface area contributed by atoms with Crippen molar-refractivity contribution in [2.24, 2.45) is 0 Å². The van der Waals surface area contributed by atoms with Gasteiger partial charge >= 0.3 is 90.0 Å². The van der Waals surface area contributed by atoms with Crippen molar-refractivity contribution in [3.05, 3.63) is 0 Å². The van der Waals surface area contributed by atoms with Crippen LogP contribution in [0.4, 0.5) is 0 Å². The molecule has 82 valence electrons. The molecule has 7 heteroatoms. The topological polar surface area (TPSA) is 35.5 Å². The fourth-order valence-corrected chi connectivity index (χ4v) is 7.44. The zero-order chi connectivity index (χ0) is 11.0. The van der Waals surface area contributed by atoms with Crippen LogP contribution in [-0.4, -0.2) is 12.2 Å². The van der Waals surface area contributed by atoms with E-state index in [1.165, 1.54) is 0 Å². The molecule has 0 N–H and O–H groups in total. The Morgan fingerprint density at radius 2 is 1.15 bits per heavy atom. The first kappa shape index (κ1) is 14.2. The van der Waals surface area contributed by atoms with E-state index in [-0.39, 0.29) is 0 Å². The first-order chi connectivity index (χ1) is 5.34. The molecule has 13 heavy (non-hydrogen) atoms. The van der Waals surface area contributed by atoms with E-state index in [1.807, 2.05) is 0 Å². The number of hydrogen-bond donors (Lipinski definition) is 0. The van der Waals surface area contributed by atoms with Gasteiger partial charge in [0.15, 0.2) is 0 Å². The first-order valence-corrected chi connectivity index (χ1v) is 11.3. The SMILES string of the molecule is CC(C)[O][V](=[O])([Cl])([Cl])([Cl])[O]C(C)C. The van der Waals surface area contributed by atoms with E-state index in [1.54, 1.807) is 27.7 Å². The maximum atomic E-state index is 11.9. The van der Waals surface area contributed by atoms with Crippen LogP contribution in [-0.2, 0) is 20.5 Å². The van der Waals surface area contributed by atoms with Crippen molar-refractivity contribution in [2.45, 2.75) is 39.9 Å². The molecule has 3 nitrogen and oxygen atoms in total. The first-order valence-electron chi connectivity index (χ1n) is 3.84. The quantitative estimate of drug-likeness (QED) is 0.792. The van der Waals surface area contributed by atoms with E-state index >= 15 is 0 Å². The second kappa shape index (κ2) is 3.34. The monoisotopic (exact) mass is 290 g/mol. The van der Waals surface area contributed by atoms with Crippen LogP contribution in [0.3, 0.4) is 0 Å². The van der Waals surface area contributed by atoms with Crippen molar-refractivity contribution in [1.29, 1.82) is 0 Å². The van der Waals surface area contributed by atoms with Gasteiger partial charge in [-0.3, -0.25) is 0 Å². The molecule has 0 aromatic heterocycles.